The maximum atomic E-state index is 12.7. The summed E-state index contributed by atoms with van der Waals surface area (Å²) in [5.74, 6) is -0.141. The lowest BCUT2D eigenvalue weighted by Gasteiger charge is -2.31. The van der Waals surface area contributed by atoms with Gasteiger partial charge in [0.2, 0.25) is 5.91 Å². The number of rotatable bonds is 7. The third-order valence-electron chi connectivity index (χ3n) is 4.89. The van der Waals surface area contributed by atoms with Crippen molar-refractivity contribution >= 4 is 5.91 Å². The minimum atomic E-state index is -0.605. The molecule has 1 aromatic carbocycles. The van der Waals surface area contributed by atoms with Crippen LogP contribution in [0, 0.1) is 6.92 Å². The van der Waals surface area contributed by atoms with Gasteiger partial charge in [0.15, 0.2) is 0 Å². The first-order valence-corrected chi connectivity index (χ1v) is 9.41. The van der Waals surface area contributed by atoms with Gasteiger partial charge < -0.3 is 15.8 Å². The van der Waals surface area contributed by atoms with Gasteiger partial charge in [0, 0.05) is 32.9 Å². The smallest absolute Gasteiger partial charge is 0.237 e. The number of benzene rings is 1. The molecule has 1 aliphatic rings. The van der Waals surface area contributed by atoms with Crippen LogP contribution in [0.3, 0.4) is 0 Å². The van der Waals surface area contributed by atoms with Crippen LogP contribution in [0.15, 0.2) is 36.7 Å². The Morgan fingerprint density at radius 3 is 2.63 bits per heavy atom. The number of carbonyl (C=O) groups excluding carboxylic acids is 1. The summed E-state index contributed by atoms with van der Waals surface area (Å²) in [5.41, 5.74) is 9.41. The molecule has 2 heterocycles. The quantitative estimate of drug-likeness (QED) is 0.752. The van der Waals surface area contributed by atoms with Gasteiger partial charge in [-0.1, -0.05) is 29.8 Å². The summed E-state index contributed by atoms with van der Waals surface area (Å²) < 4.78 is 7.15. The van der Waals surface area contributed by atoms with E-state index in [1.165, 1.54) is 5.56 Å². The molecule has 1 saturated heterocycles. The molecule has 1 aliphatic heterocycles. The summed E-state index contributed by atoms with van der Waals surface area (Å²) in [6.07, 6.45) is 4.11. The van der Waals surface area contributed by atoms with Crippen molar-refractivity contribution in [3.8, 4) is 0 Å². The Balaban J connectivity index is 1.67. The molecule has 27 heavy (non-hydrogen) atoms. The molecule has 7 heteroatoms. The molecule has 1 fully saturated rings. The van der Waals surface area contributed by atoms with Crippen LogP contribution in [-0.2, 0) is 23.0 Å². The Hall–Kier alpha value is -2.22. The summed E-state index contributed by atoms with van der Waals surface area (Å²) >= 11 is 0. The Morgan fingerprint density at radius 1 is 1.30 bits per heavy atom. The van der Waals surface area contributed by atoms with E-state index in [9.17, 15) is 4.79 Å². The predicted molar refractivity (Wildman–Crippen MR) is 104 cm³/mol. The number of nitrogens with two attached hydrogens (primary N) is 1. The number of aromatic nitrogens is 2. The van der Waals surface area contributed by atoms with E-state index in [2.05, 4.69) is 46.5 Å². The molecule has 2 unspecified atom stereocenters. The van der Waals surface area contributed by atoms with Gasteiger partial charge in [-0.15, -0.1) is 0 Å². The van der Waals surface area contributed by atoms with E-state index >= 15 is 0 Å². The normalized spacial score (nSPS) is 17.4. The van der Waals surface area contributed by atoms with Gasteiger partial charge in [-0.25, -0.2) is 0 Å². The van der Waals surface area contributed by atoms with E-state index < -0.39 is 6.04 Å². The highest BCUT2D eigenvalue weighted by atomic mass is 16.5. The Kier molecular flexibility index (Phi) is 6.60. The fraction of sp³-hybridized carbons (Fsp3) is 0.500. The lowest BCUT2D eigenvalue weighted by Crippen LogP contribution is -2.47. The van der Waals surface area contributed by atoms with Crippen molar-refractivity contribution in [1.82, 2.24) is 20.0 Å². The molecule has 3 rings (SSSR count). The molecule has 146 valence electrons. The van der Waals surface area contributed by atoms with Crippen LogP contribution in [0.2, 0.25) is 0 Å². The Morgan fingerprint density at radius 2 is 2.00 bits per heavy atom. The van der Waals surface area contributed by atoms with Crippen molar-refractivity contribution < 1.29 is 9.53 Å². The first kappa shape index (κ1) is 19.5. The molecule has 1 aromatic heterocycles. The van der Waals surface area contributed by atoms with Crippen LogP contribution in [0.5, 0.6) is 0 Å². The molecular weight excluding hydrogens is 342 g/mol. The zero-order valence-corrected chi connectivity index (χ0v) is 16.1. The first-order valence-electron chi connectivity index (χ1n) is 9.41. The standard InChI is InChI=1S/C20H29N5O2/c1-15-3-5-17(6-4-15)19(14-25-7-9-27-10-8-25)23-20(26)18(21)11-16-12-22-24(2)13-16/h3-6,12-13,18-19H,7-11,14,21H2,1-2H3,(H,23,26). The summed E-state index contributed by atoms with van der Waals surface area (Å²) in [6.45, 7) is 6.02. The van der Waals surface area contributed by atoms with Crippen molar-refractivity contribution in [2.24, 2.45) is 12.8 Å². The molecule has 7 nitrogen and oxygen atoms in total. The van der Waals surface area contributed by atoms with Gasteiger partial charge in [0.05, 0.1) is 31.5 Å². The van der Waals surface area contributed by atoms with Crippen molar-refractivity contribution in [2.45, 2.75) is 25.4 Å². The van der Waals surface area contributed by atoms with E-state index in [0.29, 0.717) is 6.42 Å². The van der Waals surface area contributed by atoms with Crippen molar-refractivity contribution in [3.63, 3.8) is 0 Å². The zero-order valence-electron chi connectivity index (χ0n) is 16.1. The van der Waals surface area contributed by atoms with Gasteiger partial charge in [-0.2, -0.15) is 5.10 Å². The number of aryl methyl sites for hydroxylation is 2. The summed E-state index contributed by atoms with van der Waals surface area (Å²) in [4.78, 5) is 15.1. The molecule has 0 bridgehead atoms. The number of nitrogens with zero attached hydrogens (tertiary/aromatic N) is 3. The Labute approximate surface area is 160 Å². The lowest BCUT2D eigenvalue weighted by molar-refractivity contribution is -0.123. The molecule has 2 atom stereocenters. The number of hydrogen-bond acceptors (Lipinski definition) is 5. The molecule has 0 spiro atoms. The van der Waals surface area contributed by atoms with Crippen LogP contribution < -0.4 is 11.1 Å². The van der Waals surface area contributed by atoms with Crippen LogP contribution in [0.1, 0.15) is 22.7 Å². The second-order valence-electron chi connectivity index (χ2n) is 7.22. The van der Waals surface area contributed by atoms with Crippen LogP contribution in [-0.4, -0.2) is 59.5 Å². The Bertz CT molecular complexity index is 737. The molecular formula is C20H29N5O2. The van der Waals surface area contributed by atoms with Crippen LogP contribution in [0.4, 0.5) is 0 Å². The molecule has 0 radical (unpaired) electrons. The fourth-order valence-corrected chi connectivity index (χ4v) is 3.28. The van der Waals surface area contributed by atoms with E-state index in [0.717, 1.165) is 44.0 Å². The predicted octanol–water partition coefficient (Wildman–Crippen LogP) is 0.788. The summed E-state index contributed by atoms with van der Waals surface area (Å²) in [6, 6.07) is 7.59. The van der Waals surface area contributed by atoms with E-state index in [1.54, 1.807) is 10.9 Å². The lowest BCUT2D eigenvalue weighted by atomic mass is 10.0. The minimum Gasteiger partial charge on any atom is -0.379 e. The van der Waals surface area contributed by atoms with E-state index in [-0.39, 0.29) is 11.9 Å². The second kappa shape index (κ2) is 9.12. The summed E-state index contributed by atoms with van der Waals surface area (Å²) in [7, 11) is 1.85. The van der Waals surface area contributed by atoms with Crippen molar-refractivity contribution in [2.75, 3.05) is 32.8 Å². The minimum absolute atomic E-state index is 0.101. The molecule has 3 N–H and O–H groups in total. The monoisotopic (exact) mass is 371 g/mol. The third-order valence-corrected chi connectivity index (χ3v) is 4.89. The zero-order chi connectivity index (χ0) is 19.2. The van der Waals surface area contributed by atoms with Crippen molar-refractivity contribution in [1.29, 1.82) is 0 Å². The van der Waals surface area contributed by atoms with Gasteiger partial charge in [0.25, 0.3) is 0 Å². The van der Waals surface area contributed by atoms with Gasteiger partial charge in [-0.05, 0) is 24.5 Å². The number of amides is 1. The van der Waals surface area contributed by atoms with Crippen LogP contribution in [0.25, 0.3) is 0 Å². The number of ether oxygens (including phenoxy) is 1. The van der Waals surface area contributed by atoms with E-state index in [1.807, 2.05) is 13.2 Å². The highest BCUT2D eigenvalue weighted by Crippen LogP contribution is 2.17. The SMILES string of the molecule is Cc1ccc(C(CN2CCOCC2)NC(=O)C(N)Cc2cnn(C)c2)cc1. The molecule has 0 aliphatic carbocycles. The average Bonchev–Trinajstić information content (AvgIpc) is 3.07. The molecule has 0 saturated carbocycles. The number of carbonyl (C=O) groups is 1. The molecule has 2 aromatic rings. The van der Waals surface area contributed by atoms with Crippen molar-refractivity contribution in [3.05, 3.63) is 53.3 Å². The third kappa shape index (κ3) is 5.63. The summed E-state index contributed by atoms with van der Waals surface area (Å²) in [5, 5.41) is 7.29. The topological polar surface area (TPSA) is 85.4 Å². The number of nitrogens with one attached hydrogen (secondary N) is 1. The highest BCUT2D eigenvalue weighted by molar-refractivity contribution is 5.82. The molecule has 1 amide bonds. The maximum absolute atomic E-state index is 12.7. The highest BCUT2D eigenvalue weighted by Gasteiger charge is 2.23. The average molecular weight is 371 g/mol. The number of morpholine rings is 1. The second-order valence-corrected chi connectivity index (χ2v) is 7.22. The maximum Gasteiger partial charge on any atom is 0.237 e. The van der Waals surface area contributed by atoms with Gasteiger partial charge in [-0.3, -0.25) is 14.4 Å². The first-order chi connectivity index (χ1) is 13.0. The van der Waals surface area contributed by atoms with Gasteiger partial charge >= 0.3 is 0 Å². The number of hydrogen-bond donors (Lipinski definition) is 2. The largest absolute Gasteiger partial charge is 0.379 e. The van der Waals surface area contributed by atoms with Crippen LogP contribution >= 0.6 is 0 Å². The fourth-order valence-electron chi connectivity index (χ4n) is 3.28. The van der Waals surface area contributed by atoms with Gasteiger partial charge in [0.1, 0.15) is 0 Å². The van der Waals surface area contributed by atoms with E-state index in [4.69, 9.17) is 10.5 Å².